The molecule has 33 heavy (non-hydrogen) atoms. The summed E-state index contributed by atoms with van der Waals surface area (Å²) in [4.78, 5) is 16.9. The molecule has 170 valence electrons. The third-order valence-corrected chi connectivity index (χ3v) is 5.67. The van der Waals surface area contributed by atoms with Crippen molar-refractivity contribution in [3.05, 3.63) is 83.4 Å². The molecule has 0 aliphatic carbocycles. The molecule has 3 aromatic carbocycles. The highest BCUT2D eigenvalue weighted by Crippen LogP contribution is 2.32. The number of carbonyl (C=O) groups excluding carboxylic acids is 1. The zero-order valence-corrected chi connectivity index (χ0v) is 18.1. The average Bonchev–Trinajstić information content (AvgIpc) is 3.09. The highest BCUT2D eigenvalue weighted by molar-refractivity contribution is 5.95. The van der Waals surface area contributed by atoms with Gasteiger partial charge < -0.3 is 10.3 Å². The summed E-state index contributed by atoms with van der Waals surface area (Å²) in [6, 6.07) is 18.4. The van der Waals surface area contributed by atoms with Gasteiger partial charge in [0, 0.05) is 7.05 Å². The Morgan fingerprint density at radius 3 is 2.45 bits per heavy atom. The molecule has 1 amide bonds. The molecule has 8 heteroatoms. The Morgan fingerprint density at radius 1 is 1.06 bits per heavy atom. The Balaban J connectivity index is 1.49. The summed E-state index contributed by atoms with van der Waals surface area (Å²) >= 11 is 0. The lowest BCUT2D eigenvalue weighted by Gasteiger charge is -2.14. The number of nitrogens with one attached hydrogen (secondary N) is 1. The van der Waals surface area contributed by atoms with Gasteiger partial charge in [0.25, 0.3) is 0 Å². The van der Waals surface area contributed by atoms with Gasteiger partial charge in [-0.25, -0.2) is 4.98 Å². The fourth-order valence-electron chi connectivity index (χ4n) is 3.76. The highest BCUT2D eigenvalue weighted by Gasteiger charge is 2.31. The van der Waals surface area contributed by atoms with Crippen LogP contribution in [0.15, 0.2) is 66.7 Å². The van der Waals surface area contributed by atoms with Crippen LogP contribution in [0.25, 0.3) is 22.2 Å². The molecule has 0 saturated carbocycles. The molecule has 0 radical (unpaired) electrons. The van der Waals surface area contributed by atoms with Gasteiger partial charge in [0.05, 0.1) is 22.6 Å². The number of fused-ring (bicyclic) bond motifs is 1. The van der Waals surface area contributed by atoms with Crippen molar-refractivity contribution in [2.75, 3.05) is 5.32 Å². The average molecular weight is 452 g/mol. The standard InChI is InChI=1S/C25H23F3N4O/c1-15-12-18(16-6-4-3-5-7-16)9-8-17(15)13-20(29)23(33)31-24-30-21-14-19(25(26,27)28)10-11-22(21)32(24)2/h3-12,14,20H,13,29H2,1-2H3,(H,30,31,33). The van der Waals surface area contributed by atoms with E-state index in [0.717, 1.165) is 34.4 Å². The molecule has 3 N–H and O–H groups in total. The number of aryl methyl sites for hydroxylation is 2. The maximum absolute atomic E-state index is 13.0. The maximum atomic E-state index is 13.0. The van der Waals surface area contributed by atoms with Gasteiger partial charge in [0.2, 0.25) is 11.9 Å². The molecule has 0 bridgehead atoms. The van der Waals surface area contributed by atoms with Crippen LogP contribution in [0, 0.1) is 6.92 Å². The van der Waals surface area contributed by atoms with E-state index in [1.165, 1.54) is 10.6 Å². The predicted molar refractivity (Wildman–Crippen MR) is 123 cm³/mol. The molecule has 5 nitrogen and oxygen atoms in total. The van der Waals surface area contributed by atoms with Crippen LogP contribution in [0.5, 0.6) is 0 Å². The van der Waals surface area contributed by atoms with Crippen molar-refractivity contribution >= 4 is 22.9 Å². The number of anilines is 1. The number of amides is 1. The molecular weight excluding hydrogens is 429 g/mol. The number of carbonyl (C=O) groups is 1. The summed E-state index contributed by atoms with van der Waals surface area (Å²) in [5, 5.41) is 2.64. The Kier molecular flexibility index (Phi) is 5.95. The van der Waals surface area contributed by atoms with Crippen LogP contribution in [-0.4, -0.2) is 21.5 Å². The fraction of sp³-hybridized carbons (Fsp3) is 0.200. The topological polar surface area (TPSA) is 72.9 Å². The van der Waals surface area contributed by atoms with Crippen molar-refractivity contribution in [1.29, 1.82) is 0 Å². The number of alkyl halides is 3. The van der Waals surface area contributed by atoms with E-state index in [4.69, 9.17) is 5.73 Å². The second-order valence-corrected chi connectivity index (χ2v) is 8.00. The summed E-state index contributed by atoms with van der Waals surface area (Å²) in [5.41, 5.74) is 10.1. The lowest BCUT2D eigenvalue weighted by Crippen LogP contribution is -2.38. The SMILES string of the molecule is Cc1cc(-c2ccccc2)ccc1CC(N)C(=O)Nc1nc2cc(C(F)(F)F)ccc2n1C. The van der Waals surface area contributed by atoms with E-state index in [1.807, 2.05) is 49.4 Å². The Hall–Kier alpha value is -3.65. The van der Waals surface area contributed by atoms with Crippen molar-refractivity contribution in [2.45, 2.75) is 25.6 Å². The third kappa shape index (κ3) is 4.75. The quantitative estimate of drug-likeness (QED) is 0.444. The zero-order valence-electron chi connectivity index (χ0n) is 18.1. The molecule has 1 atom stereocenters. The molecule has 1 aromatic heterocycles. The lowest BCUT2D eigenvalue weighted by molar-refractivity contribution is -0.137. The molecule has 0 saturated heterocycles. The number of rotatable bonds is 5. The van der Waals surface area contributed by atoms with Crippen molar-refractivity contribution in [2.24, 2.45) is 12.8 Å². The molecule has 1 unspecified atom stereocenters. The van der Waals surface area contributed by atoms with E-state index in [1.54, 1.807) is 7.05 Å². The van der Waals surface area contributed by atoms with Crippen LogP contribution in [0.1, 0.15) is 16.7 Å². The van der Waals surface area contributed by atoms with Crippen molar-refractivity contribution in [3.63, 3.8) is 0 Å². The van der Waals surface area contributed by atoms with Gasteiger partial charge in [0.15, 0.2) is 0 Å². The molecule has 0 aliphatic rings. The Labute approximate surface area is 189 Å². The van der Waals surface area contributed by atoms with Gasteiger partial charge in [-0.3, -0.25) is 10.1 Å². The molecule has 0 spiro atoms. The largest absolute Gasteiger partial charge is 0.416 e. The van der Waals surface area contributed by atoms with Gasteiger partial charge >= 0.3 is 6.18 Å². The third-order valence-electron chi connectivity index (χ3n) is 5.67. The smallest absolute Gasteiger partial charge is 0.320 e. The van der Waals surface area contributed by atoms with E-state index in [0.29, 0.717) is 11.9 Å². The van der Waals surface area contributed by atoms with Gasteiger partial charge in [-0.15, -0.1) is 0 Å². The summed E-state index contributed by atoms with van der Waals surface area (Å²) < 4.78 is 40.5. The van der Waals surface area contributed by atoms with Crippen LogP contribution in [-0.2, 0) is 24.4 Å². The summed E-state index contributed by atoms with van der Waals surface area (Å²) in [7, 11) is 1.62. The number of halogens is 3. The van der Waals surface area contributed by atoms with Crippen molar-refractivity contribution in [3.8, 4) is 11.1 Å². The maximum Gasteiger partial charge on any atom is 0.416 e. The number of nitrogens with zero attached hydrogens (tertiary/aromatic N) is 2. The van der Waals surface area contributed by atoms with Crippen LogP contribution in [0.3, 0.4) is 0 Å². The lowest BCUT2D eigenvalue weighted by atomic mass is 9.96. The van der Waals surface area contributed by atoms with E-state index in [-0.39, 0.29) is 11.5 Å². The van der Waals surface area contributed by atoms with E-state index in [2.05, 4.69) is 16.4 Å². The molecule has 4 aromatic rings. The first-order valence-corrected chi connectivity index (χ1v) is 10.4. The van der Waals surface area contributed by atoms with Crippen molar-refractivity contribution < 1.29 is 18.0 Å². The molecular formula is C25H23F3N4O. The van der Waals surface area contributed by atoms with E-state index >= 15 is 0 Å². The monoisotopic (exact) mass is 452 g/mol. The molecule has 0 aliphatic heterocycles. The predicted octanol–water partition coefficient (Wildman–Crippen LogP) is 5.08. The number of hydrogen-bond acceptors (Lipinski definition) is 3. The van der Waals surface area contributed by atoms with Crippen LogP contribution in [0.2, 0.25) is 0 Å². The van der Waals surface area contributed by atoms with E-state index in [9.17, 15) is 18.0 Å². The number of hydrogen-bond donors (Lipinski definition) is 2. The Morgan fingerprint density at radius 2 is 1.79 bits per heavy atom. The van der Waals surface area contributed by atoms with Crippen molar-refractivity contribution in [1.82, 2.24) is 9.55 Å². The van der Waals surface area contributed by atoms with Gasteiger partial charge in [0.1, 0.15) is 0 Å². The summed E-state index contributed by atoms with van der Waals surface area (Å²) in [6.45, 7) is 1.97. The fourth-order valence-corrected chi connectivity index (χ4v) is 3.76. The minimum Gasteiger partial charge on any atom is -0.320 e. The normalized spacial score (nSPS) is 12.7. The minimum absolute atomic E-state index is 0.140. The summed E-state index contributed by atoms with van der Waals surface area (Å²) in [5.74, 6) is -0.322. The van der Waals surface area contributed by atoms with Gasteiger partial charge in [-0.2, -0.15) is 13.2 Å². The highest BCUT2D eigenvalue weighted by atomic mass is 19.4. The first kappa shape index (κ1) is 22.5. The van der Waals surface area contributed by atoms with Crippen LogP contribution in [0.4, 0.5) is 19.1 Å². The van der Waals surface area contributed by atoms with Gasteiger partial charge in [-0.1, -0.05) is 48.5 Å². The second kappa shape index (κ2) is 8.71. The van der Waals surface area contributed by atoms with Gasteiger partial charge in [-0.05, 0) is 53.8 Å². The number of imidazole rings is 1. The number of benzene rings is 3. The first-order chi connectivity index (χ1) is 15.6. The number of aromatic nitrogens is 2. The zero-order chi connectivity index (χ0) is 23.8. The van der Waals surface area contributed by atoms with Crippen LogP contribution >= 0.6 is 0 Å². The molecule has 4 rings (SSSR count). The first-order valence-electron chi connectivity index (χ1n) is 10.4. The Bertz CT molecular complexity index is 1310. The summed E-state index contributed by atoms with van der Waals surface area (Å²) in [6.07, 6.45) is -4.15. The second-order valence-electron chi connectivity index (χ2n) is 8.00. The van der Waals surface area contributed by atoms with E-state index < -0.39 is 23.7 Å². The van der Waals surface area contributed by atoms with Crippen LogP contribution < -0.4 is 11.1 Å². The minimum atomic E-state index is -4.47. The molecule has 0 fully saturated rings. The number of nitrogens with two attached hydrogens (primary N) is 1. The molecule has 1 heterocycles.